The van der Waals surface area contributed by atoms with Crippen LogP contribution < -0.4 is 0 Å². The van der Waals surface area contributed by atoms with E-state index < -0.39 is 47.0 Å². The summed E-state index contributed by atoms with van der Waals surface area (Å²) in [5, 5.41) is 31.8. The highest BCUT2D eigenvalue weighted by atomic mass is 16.7. The maximum atomic E-state index is 11.5. The van der Waals surface area contributed by atoms with E-state index in [1.165, 1.54) is 6.92 Å². The Morgan fingerprint density at radius 2 is 2.04 bits per heavy atom. The molecule has 2 heterocycles. The van der Waals surface area contributed by atoms with Crippen molar-refractivity contribution in [1.29, 1.82) is 0 Å². The Morgan fingerprint density at radius 1 is 1.38 bits per heavy atom. The van der Waals surface area contributed by atoms with E-state index in [2.05, 4.69) is 0 Å². The van der Waals surface area contributed by atoms with Crippen LogP contribution in [0.2, 0.25) is 0 Å². The van der Waals surface area contributed by atoms with Gasteiger partial charge in [0.1, 0.15) is 17.8 Å². The predicted octanol–water partition coefficient (Wildman–Crippen LogP) is -0.395. The predicted molar refractivity (Wildman–Crippen MR) is 80.9 cm³/mol. The smallest absolute Gasteiger partial charge is 0.302 e. The van der Waals surface area contributed by atoms with Gasteiger partial charge in [-0.15, -0.1) is 0 Å². The second-order valence-corrected chi connectivity index (χ2v) is 8.25. The maximum Gasteiger partial charge on any atom is 0.302 e. The third-order valence-corrected chi connectivity index (χ3v) is 7.31. The van der Waals surface area contributed by atoms with Gasteiger partial charge in [0.05, 0.1) is 36.9 Å². The van der Waals surface area contributed by atoms with Crippen LogP contribution in [0.5, 0.6) is 0 Å². The number of carbonyl (C=O) groups is 1. The molecule has 0 amide bonds. The van der Waals surface area contributed by atoms with Gasteiger partial charge < -0.3 is 29.5 Å². The van der Waals surface area contributed by atoms with Crippen molar-refractivity contribution in [3.8, 4) is 0 Å². The monoisotopic (exact) mass is 342 g/mol. The third-order valence-electron chi connectivity index (χ3n) is 7.31. The zero-order valence-corrected chi connectivity index (χ0v) is 14.3. The van der Waals surface area contributed by atoms with Crippen molar-refractivity contribution in [3.05, 3.63) is 0 Å². The van der Waals surface area contributed by atoms with E-state index in [4.69, 9.17) is 14.2 Å². The molecule has 3 N–H and O–H groups in total. The number of esters is 1. The fourth-order valence-corrected chi connectivity index (χ4v) is 5.85. The molecule has 2 bridgehead atoms. The summed E-state index contributed by atoms with van der Waals surface area (Å²) in [6.45, 7) is 5.32. The van der Waals surface area contributed by atoms with Crippen LogP contribution in [0.4, 0.5) is 0 Å². The van der Waals surface area contributed by atoms with Crippen molar-refractivity contribution in [1.82, 2.24) is 0 Å². The lowest BCUT2D eigenvalue weighted by Gasteiger charge is -2.61. The van der Waals surface area contributed by atoms with Gasteiger partial charge in [-0.3, -0.25) is 4.79 Å². The van der Waals surface area contributed by atoms with E-state index in [0.29, 0.717) is 19.4 Å². The number of ether oxygens (including phenoxy) is 3. The van der Waals surface area contributed by atoms with Gasteiger partial charge in [-0.2, -0.15) is 0 Å². The van der Waals surface area contributed by atoms with Crippen LogP contribution in [-0.2, 0) is 19.0 Å². The Hall–Kier alpha value is -0.730. The molecule has 7 heteroatoms. The molecule has 2 aliphatic heterocycles. The van der Waals surface area contributed by atoms with Crippen molar-refractivity contribution in [2.45, 2.75) is 69.7 Å². The Kier molecular flexibility index (Phi) is 3.43. The molecule has 4 rings (SSSR count). The van der Waals surface area contributed by atoms with Crippen LogP contribution in [0.3, 0.4) is 0 Å². The van der Waals surface area contributed by atoms with Gasteiger partial charge in [0.25, 0.3) is 0 Å². The highest BCUT2D eigenvalue weighted by Crippen LogP contribution is 2.72. The number of hydrogen-bond acceptors (Lipinski definition) is 7. The summed E-state index contributed by atoms with van der Waals surface area (Å²) in [5.41, 5.74) is -2.36. The molecule has 2 saturated heterocycles. The normalized spacial score (nSPS) is 58.4. The van der Waals surface area contributed by atoms with Gasteiger partial charge in [0, 0.05) is 12.3 Å². The molecule has 0 aromatic carbocycles. The summed E-state index contributed by atoms with van der Waals surface area (Å²) < 4.78 is 17.6. The minimum atomic E-state index is -1.13. The number of aliphatic hydroxyl groups is 3. The molecule has 0 radical (unpaired) electrons. The zero-order valence-electron chi connectivity index (χ0n) is 14.3. The second-order valence-electron chi connectivity index (χ2n) is 8.25. The van der Waals surface area contributed by atoms with E-state index in [1.807, 2.05) is 13.8 Å². The average molecular weight is 342 g/mol. The van der Waals surface area contributed by atoms with Gasteiger partial charge in [-0.05, 0) is 18.8 Å². The Morgan fingerprint density at radius 3 is 2.58 bits per heavy atom. The standard InChI is InChI=1S/C17H26O7/c1-8-4-11-16(6-18,13(21)12(8)20)15(3)5-10(23-9(2)19)14(24-11)17(15)7-22-17/h8,10-14,18,20-21H,4-7H2,1-3H3. The zero-order chi connectivity index (χ0) is 17.5. The SMILES string of the molecule is CC(=O)OC1CC2(C)C3(CO3)C1OC1CC(C)C(O)C(O)C12CO. The number of carbonyl (C=O) groups excluding carboxylic acids is 1. The molecule has 7 nitrogen and oxygen atoms in total. The van der Waals surface area contributed by atoms with Crippen molar-refractivity contribution in [2.75, 3.05) is 13.2 Å². The topological polar surface area (TPSA) is 109 Å². The molecule has 0 aromatic heterocycles. The molecule has 1 spiro atoms. The first-order valence-electron chi connectivity index (χ1n) is 8.67. The fraction of sp³-hybridized carbons (Fsp3) is 0.941. The van der Waals surface area contributed by atoms with Gasteiger partial charge in [-0.25, -0.2) is 0 Å². The van der Waals surface area contributed by atoms with E-state index in [-0.39, 0.29) is 18.5 Å². The molecular weight excluding hydrogens is 316 g/mol. The van der Waals surface area contributed by atoms with Crippen molar-refractivity contribution in [3.63, 3.8) is 0 Å². The molecule has 2 aliphatic carbocycles. The molecular formula is C17H26O7. The van der Waals surface area contributed by atoms with Crippen LogP contribution >= 0.6 is 0 Å². The largest absolute Gasteiger partial charge is 0.460 e. The number of rotatable bonds is 2. The van der Waals surface area contributed by atoms with Crippen LogP contribution in [0, 0.1) is 16.7 Å². The van der Waals surface area contributed by atoms with Gasteiger partial charge in [0.2, 0.25) is 0 Å². The molecule has 9 atom stereocenters. The lowest BCUT2D eigenvalue weighted by molar-refractivity contribution is -0.297. The Bertz CT molecular complexity index is 561. The van der Waals surface area contributed by atoms with E-state index >= 15 is 0 Å². The van der Waals surface area contributed by atoms with Crippen molar-refractivity contribution < 1.29 is 34.3 Å². The van der Waals surface area contributed by atoms with Crippen LogP contribution in [0.1, 0.15) is 33.6 Å². The van der Waals surface area contributed by atoms with Crippen LogP contribution in [0.15, 0.2) is 0 Å². The highest BCUT2D eigenvalue weighted by molar-refractivity contribution is 5.66. The number of aliphatic hydroxyl groups excluding tert-OH is 3. The molecule has 4 aliphatic rings. The molecule has 136 valence electrons. The first-order chi connectivity index (χ1) is 11.2. The van der Waals surface area contributed by atoms with E-state index in [1.54, 1.807) is 0 Å². The van der Waals surface area contributed by atoms with Gasteiger partial charge in [-0.1, -0.05) is 13.8 Å². The summed E-state index contributed by atoms with van der Waals surface area (Å²) in [6, 6.07) is 0. The minimum absolute atomic E-state index is 0.144. The lowest BCUT2D eigenvalue weighted by Crippen LogP contribution is -2.72. The summed E-state index contributed by atoms with van der Waals surface area (Å²) >= 11 is 0. The lowest BCUT2D eigenvalue weighted by atomic mass is 9.49. The quantitative estimate of drug-likeness (QED) is 0.463. The summed E-state index contributed by atoms with van der Waals surface area (Å²) in [5.74, 6) is -0.528. The van der Waals surface area contributed by atoms with E-state index in [9.17, 15) is 20.1 Å². The van der Waals surface area contributed by atoms with Crippen LogP contribution in [-0.4, -0.2) is 70.6 Å². The molecule has 2 saturated carbocycles. The van der Waals surface area contributed by atoms with Crippen molar-refractivity contribution in [2.24, 2.45) is 16.7 Å². The summed E-state index contributed by atoms with van der Waals surface area (Å²) in [6.07, 6.45) is -2.37. The summed E-state index contributed by atoms with van der Waals surface area (Å²) in [4.78, 5) is 11.5. The number of hydrogen-bond donors (Lipinski definition) is 3. The first-order valence-corrected chi connectivity index (χ1v) is 8.67. The Balaban J connectivity index is 1.82. The fourth-order valence-electron chi connectivity index (χ4n) is 5.85. The molecule has 4 fully saturated rings. The van der Waals surface area contributed by atoms with E-state index in [0.717, 1.165) is 0 Å². The molecule has 24 heavy (non-hydrogen) atoms. The van der Waals surface area contributed by atoms with Gasteiger partial charge >= 0.3 is 5.97 Å². The minimum Gasteiger partial charge on any atom is -0.460 e. The number of epoxide rings is 1. The van der Waals surface area contributed by atoms with Gasteiger partial charge in [0.15, 0.2) is 0 Å². The third kappa shape index (κ3) is 1.67. The van der Waals surface area contributed by atoms with Crippen molar-refractivity contribution >= 4 is 5.97 Å². The second kappa shape index (κ2) is 4.92. The molecule has 9 unspecified atom stereocenters. The average Bonchev–Trinajstić information content (AvgIpc) is 3.27. The highest BCUT2D eigenvalue weighted by Gasteiger charge is 2.84. The molecule has 0 aromatic rings. The maximum absolute atomic E-state index is 11.5. The first kappa shape index (κ1) is 16.7. The van der Waals surface area contributed by atoms with Crippen LogP contribution in [0.25, 0.3) is 0 Å². The summed E-state index contributed by atoms with van der Waals surface area (Å²) in [7, 11) is 0. The Labute approximate surface area is 140 Å². The number of fused-ring (bicyclic) bond motifs is 2.